The molecule has 3 rings (SSSR count). The molecule has 2 aromatic carbocycles. The number of aromatic hydroxyl groups is 1. The Bertz CT molecular complexity index is 1020. The number of pyridine rings is 1. The Morgan fingerprint density at radius 3 is 2.50 bits per heavy atom. The van der Waals surface area contributed by atoms with Crippen LogP contribution in [0.15, 0.2) is 58.3 Å². The average Bonchev–Trinajstić information content (AvgIpc) is 2.60. The van der Waals surface area contributed by atoms with Crippen LogP contribution in [0.1, 0.15) is 11.1 Å². The average molecular weight is 316 g/mol. The first-order chi connectivity index (χ1) is 11.6. The molecule has 0 bridgehead atoms. The van der Waals surface area contributed by atoms with Gasteiger partial charge in [-0.25, -0.2) is 4.57 Å². The van der Waals surface area contributed by atoms with Crippen molar-refractivity contribution in [1.82, 2.24) is 4.57 Å². The number of rotatable bonds is 3. The minimum absolute atomic E-state index is 0.150. The number of hydrogen-bond acceptors (Lipinski definition) is 3. The molecule has 0 spiro atoms. The minimum atomic E-state index is -0.277. The quantitative estimate of drug-likeness (QED) is 0.596. The second-order valence-electron chi connectivity index (χ2n) is 5.43. The summed E-state index contributed by atoms with van der Waals surface area (Å²) in [7, 11) is 0. The molecule has 0 atom stereocenters. The van der Waals surface area contributed by atoms with E-state index in [9.17, 15) is 9.90 Å². The highest BCUT2D eigenvalue weighted by Crippen LogP contribution is 2.25. The van der Waals surface area contributed by atoms with Gasteiger partial charge in [0.05, 0.1) is 17.8 Å². The number of aryl methyl sites for hydroxylation is 1. The third-order valence-electron chi connectivity index (χ3n) is 3.80. The van der Waals surface area contributed by atoms with Gasteiger partial charge < -0.3 is 5.11 Å². The molecule has 0 aliphatic rings. The monoisotopic (exact) mass is 316 g/mol. The van der Waals surface area contributed by atoms with Crippen molar-refractivity contribution in [3.63, 3.8) is 0 Å². The van der Waals surface area contributed by atoms with Crippen LogP contribution >= 0.6 is 0 Å². The van der Waals surface area contributed by atoms with Crippen molar-refractivity contribution in [3.8, 4) is 23.9 Å². The molecule has 0 aliphatic heterocycles. The highest BCUT2D eigenvalue weighted by molar-refractivity contribution is 6.01. The molecule has 0 saturated carbocycles. The molecule has 0 amide bonds. The molecule has 1 aromatic heterocycles. The summed E-state index contributed by atoms with van der Waals surface area (Å²) in [4.78, 5) is 17.0. The van der Waals surface area contributed by atoms with Crippen molar-refractivity contribution in [2.75, 3.05) is 6.54 Å². The molecule has 1 heterocycles. The predicted octanol–water partition coefficient (Wildman–Crippen LogP) is 3.06. The Balaban J connectivity index is 2.36. The maximum absolute atomic E-state index is 12.8. The molecule has 24 heavy (non-hydrogen) atoms. The van der Waals surface area contributed by atoms with E-state index >= 15 is 0 Å². The van der Waals surface area contributed by atoms with Crippen LogP contribution in [0.2, 0.25) is 0 Å². The van der Waals surface area contributed by atoms with Crippen molar-refractivity contribution >= 4 is 17.0 Å². The standard InChI is InChI=1S/C20H16N2O2/c1-3-12-21-13-18-16-6-4-5-7-17(16)19(23)22(20(18)24)15-10-8-14(2)9-11-15/h1,4-11,13,24H,12H2,2H3. The SMILES string of the molecule is C#CCN=Cc1c(O)n(-c2ccc(C)cc2)c(=O)c2ccccc12. The number of aromatic nitrogens is 1. The first kappa shape index (κ1) is 15.6. The number of aliphatic imine (C=N–C) groups is 1. The van der Waals surface area contributed by atoms with E-state index in [4.69, 9.17) is 6.42 Å². The maximum atomic E-state index is 12.8. The van der Waals surface area contributed by atoms with Crippen molar-refractivity contribution in [3.05, 3.63) is 70.0 Å². The van der Waals surface area contributed by atoms with Gasteiger partial charge in [0.15, 0.2) is 0 Å². The van der Waals surface area contributed by atoms with Crippen LogP contribution in [0.3, 0.4) is 0 Å². The van der Waals surface area contributed by atoms with Gasteiger partial charge in [0.1, 0.15) is 0 Å². The van der Waals surface area contributed by atoms with Gasteiger partial charge in [-0.1, -0.05) is 41.8 Å². The van der Waals surface area contributed by atoms with Crippen LogP contribution in [0.25, 0.3) is 16.5 Å². The van der Waals surface area contributed by atoms with Gasteiger partial charge in [-0.2, -0.15) is 0 Å². The topological polar surface area (TPSA) is 54.6 Å². The van der Waals surface area contributed by atoms with Gasteiger partial charge in [-0.15, -0.1) is 6.42 Å². The molecule has 0 unspecified atom stereocenters. The Labute approximate surface area is 139 Å². The summed E-state index contributed by atoms with van der Waals surface area (Å²) in [6, 6.07) is 14.5. The Hall–Kier alpha value is -3.32. The third kappa shape index (κ3) is 2.68. The Morgan fingerprint density at radius 2 is 1.83 bits per heavy atom. The first-order valence-electron chi connectivity index (χ1n) is 7.50. The summed E-state index contributed by atoms with van der Waals surface area (Å²) in [5.74, 6) is 2.27. The fourth-order valence-electron chi connectivity index (χ4n) is 2.61. The molecule has 0 aliphatic carbocycles. The van der Waals surface area contributed by atoms with Crippen LogP contribution in [-0.4, -0.2) is 22.4 Å². The van der Waals surface area contributed by atoms with Crippen molar-refractivity contribution < 1.29 is 5.11 Å². The van der Waals surface area contributed by atoms with Gasteiger partial charge in [0.25, 0.3) is 5.56 Å². The molecule has 4 nitrogen and oxygen atoms in total. The predicted molar refractivity (Wildman–Crippen MR) is 97.2 cm³/mol. The molecule has 3 aromatic rings. The van der Waals surface area contributed by atoms with E-state index in [1.807, 2.05) is 25.1 Å². The fraction of sp³-hybridized carbons (Fsp3) is 0.100. The van der Waals surface area contributed by atoms with Crippen LogP contribution < -0.4 is 5.56 Å². The lowest BCUT2D eigenvalue weighted by atomic mass is 10.1. The van der Waals surface area contributed by atoms with Gasteiger partial charge >= 0.3 is 0 Å². The van der Waals surface area contributed by atoms with E-state index in [2.05, 4.69) is 10.9 Å². The lowest BCUT2D eigenvalue weighted by Gasteiger charge is -2.13. The number of nitrogens with zero attached hydrogens (tertiary/aromatic N) is 2. The zero-order valence-electron chi connectivity index (χ0n) is 13.2. The third-order valence-corrected chi connectivity index (χ3v) is 3.80. The summed E-state index contributed by atoms with van der Waals surface area (Å²) < 4.78 is 1.29. The lowest BCUT2D eigenvalue weighted by Crippen LogP contribution is -2.20. The molecule has 4 heteroatoms. The number of benzene rings is 2. The Morgan fingerprint density at radius 1 is 1.17 bits per heavy atom. The highest BCUT2D eigenvalue weighted by Gasteiger charge is 2.15. The van der Waals surface area contributed by atoms with Crippen LogP contribution in [0, 0.1) is 19.3 Å². The molecule has 1 N–H and O–H groups in total. The molecular weight excluding hydrogens is 300 g/mol. The summed E-state index contributed by atoms with van der Waals surface area (Å²) in [5.41, 5.74) is 1.87. The van der Waals surface area contributed by atoms with E-state index in [0.29, 0.717) is 22.0 Å². The number of hydrogen-bond donors (Lipinski definition) is 1. The minimum Gasteiger partial charge on any atom is -0.494 e. The normalized spacial score (nSPS) is 11.0. The van der Waals surface area contributed by atoms with E-state index in [1.165, 1.54) is 10.8 Å². The Kier molecular flexibility index (Phi) is 4.17. The van der Waals surface area contributed by atoms with E-state index in [-0.39, 0.29) is 18.0 Å². The zero-order valence-corrected chi connectivity index (χ0v) is 13.2. The smallest absolute Gasteiger partial charge is 0.265 e. The lowest BCUT2D eigenvalue weighted by molar-refractivity contribution is 0.436. The van der Waals surface area contributed by atoms with Crippen LogP contribution in [0.4, 0.5) is 0 Å². The second kappa shape index (κ2) is 6.43. The first-order valence-corrected chi connectivity index (χ1v) is 7.50. The second-order valence-corrected chi connectivity index (χ2v) is 5.43. The van der Waals surface area contributed by atoms with Crippen LogP contribution in [-0.2, 0) is 0 Å². The summed E-state index contributed by atoms with van der Waals surface area (Å²) >= 11 is 0. The molecule has 0 radical (unpaired) electrons. The molecule has 118 valence electrons. The molecular formula is C20H16N2O2. The number of fused-ring (bicyclic) bond motifs is 1. The van der Waals surface area contributed by atoms with Gasteiger partial charge in [-0.05, 0) is 25.1 Å². The van der Waals surface area contributed by atoms with Crippen LogP contribution in [0.5, 0.6) is 5.88 Å². The van der Waals surface area contributed by atoms with E-state index in [1.54, 1.807) is 30.3 Å². The van der Waals surface area contributed by atoms with E-state index in [0.717, 1.165) is 5.56 Å². The molecule has 0 saturated heterocycles. The fourth-order valence-corrected chi connectivity index (χ4v) is 2.61. The highest BCUT2D eigenvalue weighted by atomic mass is 16.3. The summed E-state index contributed by atoms with van der Waals surface area (Å²) in [6.07, 6.45) is 6.74. The van der Waals surface area contributed by atoms with E-state index < -0.39 is 0 Å². The van der Waals surface area contributed by atoms with Gasteiger partial charge in [0, 0.05) is 17.0 Å². The van der Waals surface area contributed by atoms with Crippen molar-refractivity contribution in [1.29, 1.82) is 0 Å². The molecule has 0 fully saturated rings. The number of terminal acetylenes is 1. The maximum Gasteiger partial charge on any atom is 0.265 e. The summed E-state index contributed by atoms with van der Waals surface area (Å²) in [6.45, 7) is 2.17. The zero-order chi connectivity index (χ0) is 17.1. The van der Waals surface area contributed by atoms with Gasteiger partial charge in [-0.3, -0.25) is 9.79 Å². The summed E-state index contributed by atoms with van der Waals surface area (Å²) in [5, 5.41) is 11.9. The van der Waals surface area contributed by atoms with Gasteiger partial charge in [0.2, 0.25) is 5.88 Å². The largest absolute Gasteiger partial charge is 0.494 e. The van der Waals surface area contributed by atoms with Crippen molar-refractivity contribution in [2.45, 2.75) is 6.92 Å². The van der Waals surface area contributed by atoms with Crippen molar-refractivity contribution in [2.24, 2.45) is 4.99 Å².